The van der Waals surface area contributed by atoms with Gasteiger partial charge in [0.2, 0.25) is 0 Å². The van der Waals surface area contributed by atoms with Crippen molar-refractivity contribution in [2.24, 2.45) is 57.2 Å². The summed E-state index contributed by atoms with van der Waals surface area (Å²) in [6.45, 7) is 6.79. The van der Waals surface area contributed by atoms with Gasteiger partial charge in [-0.3, -0.25) is 23.4 Å². The van der Waals surface area contributed by atoms with Crippen molar-refractivity contribution in [1.82, 2.24) is 0 Å². The van der Waals surface area contributed by atoms with Crippen LogP contribution in [0, 0.1) is 57.2 Å². The summed E-state index contributed by atoms with van der Waals surface area (Å²) in [5, 5.41) is 54.5. The molecule has 0 heterocycles. The van der Waals surface area contributed by atoms with E-state index in [1.54, 1.807) is 12.2 Å². The van der Waals surface area contributed by atoms with Crippen molar-refractivity contribution in [3.63, 3.8) is 0 Å². The van der Waals surface area contributed by atoms with Gasteiger partial charge in [-0.2, -0.15) is 8.42 Å². The minimum Gasteiger partial charge on any atom is -0.393 e. The molecule has 12 nitrogen and oxygen atoms in total. The van der Waals surface area contributed by atoms with Gasteiger partial charge in [-0.25, -0.2) is 0 Å². The third-order valence-electron chi connectivity index (χ3n) is 17.6. The maximum absolute atomic E-state index is 12.9. The van der Waals surface area contributed by atoms with E-state index in [4.69, 9.17) is 0 Å². The number of carbonyl (C=O) groups excluding carboxylic acids is 4. The first kappa shape index (κ1) is 42.0. The highest BCUT2D eigenvalue weighted by Gasteiger charge is 2.70. The minimum absolute atomic E-state index is 0.00611. The lowest BCUT2D eigenvalue weighted by Crippen LogP contribution is -2.62. The Morgan fingerprint density at radius 2 is 1.11 bits per heavy atom. The molecule has 0 spiro atoms. The van der Waals surface area contributed by atoms with Gasteiger partial charge >= 0.3 is 0 Å². The molecule has 5 N–H and O–H groups in total. The van der Waals surface area contributed by atoms with Crippen LogP contribution < -0.4 is 0 Å². The molecule has 0 bridgehead atoms. The Labute approximate surface area is 330 Å². The van der Waals surface area contributed by atoms with Gasteiger partial charge in [0.05, 0.1) is 18.5 Å². The van der Waals surface area contributed by atoms with Crippen LogP contribution >= 0.6 is 0 Å². The molecule has 6 fully saturated rings. The maximum Gasteiger partial charge on any atom is 0.264 e. The Hall–Kier alpha value is -2.13. The van der Waals surface area contributed by atoms with Crippen LogP contribution in [-0.4, -0.2) is 100.0 Å². The molecule has 56 heavy (non-hydrogen) atoms. The number of Topliss-reactive ketones (excluding diaryl/α,β-unsaturated/α-hetero) is 2. The van der Waals surface area contributed by atoms with Gasteiger partial charge in [-0.1, -0.05) is 38.8 Å². The second-order valence-electron chi connectivity index (χ2n) is 19.9. The average molecular weight is 803 g/mol. The molecule has 0 radical (unpaired) electrons. The predicted octanol–water partition coefficient (Wildman–Crippen LogP) is 3.55. The van der Waals surface area contributed by atoms with Crippen LogP contribution in [0.2, 0.25) is 0 Å². The Morgan fingerprint density at radius 1 is 0.696 bits per heavy atom. The van der Waals surface area contributed by atoms with Gasteiger partial charge < -0.3 is 25.5 Å². The van der Waals surface area contributed by atoms with Crippen LogP contribution in [0.5, 0.6) is 0 Å². The van der Waals surface area contributed by atoms with E-state index in [-0.39, 0.29) is 70.7 Å². The molecule has 14 atom stereocenters. The number of hydrogen-bond donors (Lipinski definition) is 5. The zero-order chi connectivity index (χ0) is 41.0. The molecular formula is C43H62O12S. The van der Waals surface area contributed by atoms with Crippen LogP contribution in [0.4, 0.5) is 0 Å². The SMILES string of the molecule is CC12CCC(=O)C=C1CCC1C2[C@@H](O)CC2(C)C1CC[C@]2(O)C(=O)CO.CC12CCC(=O)C=C1CCC1C2[C@@H](O)CC2(C)C1CC[C@]2(O)C(=O)COS(C)(=O)=O. The number of aliphatic hydroxyl groups excluding tert-OH is 3. The molecule has 0 aromatic heterocycles. The average Bonchev–Trinajstić information content (AvgIpc) is 3.55. The molecule has 10 unspecified atom stereocenters. The smallest absolute Gasteiger partial charge is 0.264 e. The molecule has 0 amide bonds. The molecule has 312 valence electrons. The summed E-state index contributed by atoms with van der Waals surface area (Å²) in [6.07, 6.45) is 11.7. The number of rotatable bonds is 6. The molecule has 8 aliphatic carbocycles. The molecule has 13 heteroatoms. The number of hydrogen-bond acceptors (Lipinski definition) is 12. The fourth-order valence-electron chi connectivity index (χ4n) is 14.7. The molecule has 0 aromatic carbocycles. The number of carbonyl (C=O) groups is 4. The van der Waals surface area contributed by atoms with Crippen LogP contribution in [-0.2, 0) is 33.5 Å². The fourth-order valence-corrected chi connectivity index (χ4v) is 15.0. The van der Waals surface area contributed by atoms with Gasteiger partial charge in [-0.15, -0.1) is 0 Å². The highest BCUT2D eigenvalue weighted by Crippen LogP contribution is 2.69. The summed E-state index contributed by atoms with van der Waals surface area (Å²) in [6, 6.07) is 0. The second kappa shape index (κ2) is 14.0. The quantitative estimate of drug-likeness (QED) is 0.244. The normalized spacial score (nSPS) is 48.0. The Morgan fingerprint density at radius 3 is 1.50 bits per heavy atom. The largest absolute Gasteiger partial charge is 0.393 e. The van der Waals surface area contributed by atoms with Crippen molar-refractivity contribution < 1.29 is 57.3 Å². The Kier molecular flexibility index (Phi) is 10.5. The molecule has 6 saturated carbocycles. The predicted molar refractivity (Wildman–Crippen MR) is 204 cm³/mol. The van der Waals surface area contributed by atoms with E-state index in [9.17, 15) is 53.1 Å². The first-order valence-electron chi connectivity index (χ1n) is 20.8. The van der Waals surface area contributed by atoms with Crippen LogP contribution in [0.15, 0.2) is 23.3 Å². The fraction of sp³-hybridized carbons (Fsp3) is 0.814. The summed E-state index contributed by atoms with van der Waals surface area (Å²) >= 11 is 0. The molecular weight excluding hydrogens is 741 g/mol. The highest BCUT2D eigenvalue weighted by atomic mass is 32.2. The number of fused-ring (bicyclic) bond motifs is 10. The van der Waals surface area contributed by atoms with Crippen LogP contribution in [0.3, 0.4) is 0 Å². The maximum atomic E-state index is 12.9. The van der Waals surface area contributed by atoms with E-state index in [2.05, 4.69) is 18.0 Å². The monoisotopic (exact) mass is 802 g/mol. The van der Waals surface area contributed by atoms with Gasteiger partial charge in [0.1, 0.15) is 24.4 Å². The van der Waals surface area contributed by atoms with E-state index < -0.39 is 69.1 Å². The van der Waals surface area contributed by atoms with Crippen molar-refractivity contribution in [3.05, 3.63) is 23.3 Å². The zero-order valence-corrected chi connectivity index (χ0v) is 34.4. The van der Waals surface area contributed by atoms with Crippen molar-refractivity contribution in [1.29, 1.82) is 0 Å². The Bertz CT molecular complexity index is 1850. The second-order valence-corrected chi connectivity index (χ2v) is 21.6. The van der Waals surface area contributed by atoms with Crippen LogP contribution in [0.25, 0.3) is 0 Å². The van der Waals surface area contributed by atoms with E-state index in [0.29, 0.717) is 32.1 Å². The third kappa shape index (κ3) is 6.14. The minimum atomic E-state index is -3.80. The number of ketones is 4. The first-order valence-corrected chi connectivity index (χ1v) is 22.6. The molecule has 8 aliphatic rings. The molecule has 0 saturated heterocycles. The lowest BCUT2D eigenvalue weighted by Gasteiger charge is -2.60. The summed E-state index contributed by atoms with van der Waals surface area (Å²) in [7, 11) is -3.80. The molecule has 0 aromatic rings. The van der Waals surface area contributed by atoms with Crippen molar-refractivity contribution in [3.8, 4) is 0 Å². The van der Waals surface area contributed by atoms with Crippen molar-refractivity contribution >= 4 is 33.3 Å². The van der Waals surface area contributed by atoms with Crippen molar-refractivity contribution in [2.75, 3.05) is 19.5 Å². The zero-order valence-electron chi connectivity index (χ0n) is 33.6. The van der Waals surface area contributed by atoms with Gasteiger partial charge in [0, 0.05) is 23.7 Å². The summed E-state index contributed by atoms with van der Waals surface area (Å²) in [5.74, 6) is -0.146. The Balaban J connectivity index is 0.000000173. The molecule has 0 aliphatic heterocycles. The standard InChI is InChI=1S/C22H32O7S.C21H30O5/c1-20-8-6-14(23)10-13(20)4-5-15-16-7-9-22(26,18(25)12-29-30(3,27)28)21(16,2)11-17(24)19(15)20;1-19-7-5-13(23)9-12(19)3-4-14-15-6-8-21(26,17(25)11-22)20(15,2)10-16(24)18(14)19/h10,15-17,19,24,26H,4-9,11-12H2,1-3H3;9,14-16,18,22,24,26H,3-8,10-11H2,1-2H3/t15?,16?,17-,19?,20?,21?,22-;14?,15?,16-,18?,19?,20?,21-/m00/s1. The topological polar surface area (TPSA) is 213 Å². The van der Waals surface area contributed by atoms with Crippen LogP contribution in [0.1, 0.15) is 118 Å². The van der Waals surface area contributed by atoms with E-state index in [0.717, 1.165) is 56.8 Å². The van der Waals surface area contributed by atoms with E-state index >= 15 is 0 Å². The number of aliphatic hydroxyl groups is 5. The van der Waals surface area contributed by atoms with E-state index in [1.807, 2.05) is 13.8 Å². The summed E-state index contributed by atoms with van der Waals surface area (Å²) < 4.78 is 27.3. The summed E-state index contributed by atoms with van der Waals surface area (Å²) in [4.78, 5) is 49.1. The molecule has 8 rings (SSSR count). The summed E-state index contributed by atoms with van der Waals surface area (Å²) in [5.41, 5.74) is -2.89. The lowest BCUT2D eigenvalue weighted by atomic mass is 9.45. The van der Waals surface area contributed by atoms with Gasteiger partial charge in [0.15, 0.2) is 23.1 Å². The van der Waals surface area contributed by atoms with Gasteiger partial charge in [0.25, 0.3) is 10.1 Å². The first-order chi connectivity index (χ1) is 26.0. The number of allylic oxidation sites excluding steroid dienone is 2. The third-order valence-corrected chi connectivity index (χ3v) is 18.1. The lowest BCUT2D eigenvalue weighted by molar-refractivity contribution is -0.182. The highest BCUT2D eigenvalue weighted by molar-refractivity contribution is 7.86. The van der Waals surface area contributed by atoms with Gasteiger partial charge in [-0.05, 0) is 136 Å². The van der Waals surface area contributed by atoms with E-state index in [1.165, 1.54) is 5.57 Å². The van der Waals surface area contributed by atoms with Crippen molar-refractivity contribution in [2.45, 2.75) is 141 Å².